The standard InChI is InChI=1S/C18H19NO4S2/c1-4-13-19(14-16-11-9-15(2)10-12-16)25(22,23)18-8-6-5-7-17(18)24(3,20)21/h1,5-12H,13-14H2,2-3H3. The minimum Gasteiger partial charge on any atom is -0.224 e. The normalized spacial score (nSPS) is 12.1. The summed E-state index contributed by atoms with van der Waals surface area (Å²) >= 11 is 0. The van der Waals surface area contributed by atoms with E-state index >= 15 is 0 Å². The van der Waals surface area contributed by atoms with Crippen molar-refractivity contribution < 1.29 is 16.8 Å². The van der Waals surface area contributed by atoms with Gasteiger partial charge in [-0.25, -0.2) is 16.8 Å². The van der Waals surface area contributed by atoms with Gasteiger partial charge in [-0.15, -0.1) is 6.42 Å². The van der Waals surface area contributed by atoms with Crippen molar-refractivity contribution in [2.45, 2.75) is 23.3 Å². The Kier molecular flexibility index (Phi) is 5.68. The summed E-state index contributed by atoms with van der Waals surface area (Å²) in [6.07, 6.45) is 6.31. The van der Waals surface area contributed by atoms with Crippen LogP contribution in [0.1, 0.15) is 11.1 Å². The van der Waals surface area contributed by atoms with Crippen LogP contribution in [0, 0.1) is 19.3 Å². The lowest BCUT2D eigenvalue weighted by Gasteiger charge is -2.21. The lowest BCUT2D eigenvalue weighted by molar-refractivity contribution is 0.441. The molecule has 0 saturated carbocycles. The summed E-state index contributed by atoms with van der Waals surface area (Å²) in [6, 6.07) is 12.9. The molecule has 2 rings (SSSR count). The van der Waals surface area contributed by atoms with Gasteiger partial charge in [-0.2, -0.15) is 4.31 Å². The molecular formula is C18H19NO4S2. The third kappa shape index (κ3) is 4.48. The first kappa shape index (κ1) is 19.2. The van der Waals surface area contributed by atoms with E-state index < -0.39 is 19.9 Å². The first-order valence-corrected chi connectivity index (χ1v) is 10.8. The molecule has 25 heavy (non-hydrogen) atoms. The second kappa shape index (κ2) is 7.40. The molecule has 0 aromatic heterocycles. The van der Waals surface area contributed by atoms with E-state index in [0.717, 1.165) is 21.7 Å². The second-order valence-electron chi connectivity index (χ2n) is 5.68. The molecule has 5 nitrogen and oxygen atoms in total. The van der Waals surface area contributed by atoms with Crippen LogP contribution in [0.2, 0.25) is 0 Å². The van der Waals surface area contributed by atoms with Crippen molar-refractivity contribution in [2.75, 3.05) is 12.8 Å². The lowest BCUT2D eigenvalue weighted by atomic mass is 10.1. The van der Waals surface area contributed by atoms with Gasteiger partial charge in [0.15, 0.2) is 9.84 Å². The number of nitrogens with zero attached hydrogens (tertiary/aromatic N) is 1. The van der Waals surface area contributed by atoms with E-state index in [2.05, 4.69) is 5.92 Å². The Bertz CT molecular complexity index is 1000. The molecule has 0 aliphatic carbocycles. The van der Waals surface area contributed by atoms with Gasteiger partial charge >= 0.3 is 0 Å². The van der Waals surface area contributed by atoms with E-state index in [4.69, 9.17) is 6.42 Å². The van der Waals surface area contributed by atoms with Crippen molar-refractivity contribution in [1.82, 2.24) is 4.31 Å². The summed E-state index contributed by atoms with van der Waals surface area (Å²) in [7, 11) is -7.77. The van der Waals surface area contributed by atoms with Crippen LogP contribution in [0.15, 0.2) is 58.3 Å². The second-order valence-corrected chi connectivity index (χ2v) is 9.57. The van der Waals surface area contributed by atoms with Crippen LogP contribution >= 0.6 is 0 Å². The molecule has 2 aromatic carbocycles. The Balaban J connectivity index is 2.51. The van der Waals surface area contributed by atoms with E-state index in [1.54, 1.807) is 0 Å². The third-order valence-electron chi connectivity index (χ3n) is 3.61. The Labute approximate surface area is 149 Å². The molecule has 2 aromatic rings. The predicted octanol–water partition coefficient (Wildman–Crippen LogP) is 2.22. The molecule has 0 heterocycles. The van der Waals surface area contributed by atoms with Gasteiger partial charge in [0.05, 0.1) is 11.4 Å². The number of benzene rings is 2. The molecule has 0 radical (unpaired) electrons. The van der Waals surface area contributed by atoms with Crippen LogP contribution in [-0.2, 0) is 26.4 Å². The molecule has 0 unspecified atom stereocenters. The highest BCUT2D eigenvalue weighted by Gasteiger charge is 2.29. The molecule has 0 aliphatic heterocycles. The van der Waals surface area contributed by atoms with Crippen molar-refractivity contribution in [3.63, 3.8) is 0 Å². The summed E-state index contributed by atoms with van der Waals surface area (Å²) in [5.41, 5.74) is 1.82. The van der Waals surface area contributed by atoms with Gasteiger partial charge < -0.3 is 0 Å². The number of sulfonamides is 1. The van der Waals surface area contributed by atoms with Gasteiger partial charge in [0.1, 0.15) is 4.90 Å². The summed E-state index contributed by atoms with van der Waals surface area (Å²) in [5, 5.41) is 0. The molecule has 0 N–H and O–H groups in total. The van der Waals surface area contributed by atoms with E-state index in [9.17, 15) is 16.8 Å². The molecule has 0 aliphatic rings. The molecule has 0 saturated heterocycles. The molecular weight excluding hydrogens is 358 g/mol. The number of hydrogen-bond acceptors (Lipinski definition) is 4. The van der Waals surface area contributed by atoms with E-state index in [1.807, 2.05) is 31.2 Å². The van der Waals surface area contributed by atoms with Crippen molar-refractivity contribution in [2.24, 2.45) is 0 Å². The molecule has 132 valence electrons. The molecule has 0 amide bonds. The SMILES string of the molecule is C#CCN(Cc1ccc(C)cc1)S(=O)(=O)c1ccccc1S(C)(=O)=O. The van der Waals surface area contributed by atoms with Crippen LogP contribution in [0.4, 0.5) is 0 Å². The monoisotopic (exact) mass is 377 g/mol. The number of rotatable bonds is 6. The Morgan fingerprint density at radius 2 is 1.52 bits per heavy atom. The summed E-state index contributed by atoms with van der Waals surface area (Å²) in [6.45, 7) is 1.83. The van der Waals surface area contributed by atoms with Crippen molar-refractivity contribution >= 4 is 19.9 Å². The van der Waals surface area contributed by atoms with Gasteiger partial charge in [-0.1, -0.05) is 47.9 Å². The van der Waals surface area contributed by atoms with Gasteiger partial charge in [-0.05, 0) is 24.6 Å². The van der Waals surface area contributed by atoms with Crippen LogP contribution in [-0.4, -0.2) is 33.9 Å². The van der Waals surface area contributed by atoms with E-state index in [0.29, 0.717) is 0 Å². The summed E-state index contributed by atoms with van der Waals surface area (Å²) < 4.78 is 51.1. The average molecular weight is 377 g/mol. The first-order chi connectivity index (χ1) is 11.7. The van der Waals surface area contributed by atoms with Gasteiger partial charge in [0.2, 0.25) is 10.0 Å². The maximum Gasteiger partial charge on any atom is 0.245 e. The van der Waals surface area contributed by atoms with E-state index in [1.165, 1.54) is 24.3 Å². The third-order valence-corrected chi connectivity index (χ3v) is 6.75. The zero-order valence-corrected chi connectivity index (χ0v) is 15.6. The van der Waals surface area contributed by atoms with Gasteiger partial charge in [0.25, 0.3) is 0 Å². The van der Waals surface area contributed by atoms with Crippen molar-refractivity contribution in [1.29, 1.82) is 0 Å². The lowest BCUT2D eigenvalue weighted by Crippen LogP contribution is -2.32. The zero-order valence-electron chi connectivity index (χ0n) is 14.0. The molecule has 0 bridgehead atoms. The number of aryl methyl sites for hydroxylation is 1. The Hall–Kier alpha value is -2.14. The van der Waals surface area contributed by atoms with E-state index in [-0.39, 0.29) is 22.9 Å². The molecule has 0 atom stereocenters. The van der Waals surface area contributed by atoms with Crippen LogP contribution in [0.25, 0.3) is 0 Å². The van der Waals surface area contributed by atoms with Crippen LogP contribution < -0.4 is 0 Å². The fourth-order valence-corrected chi connectivity index (χ4v) is 5.28. The first-order valence-electron chi connectivity index (χ1n) is 7.44. The smallest absolute Gasteiger partial charge is 0.224 e. The van der Waals surface area contributed by atoms with Crippen LogP contribution in [0.5, 0.6) is 0 Å². The zero-order chi connectivity index (χ0) is 18.7. The predicted molar refractivity (Wildman–Crippen MR) is 97.2 cm³/mol. The average Bonchev–Trinajstić information content (AvgIpc) is 2.55. The number of terminal acetylenes is 1. The maximum absolute atomic E-state index is 13.0. The number of sulfone groups is 1. The summed E-state index contributed by atoms with van der Waals surface area (Å²) in [4.78, 5) is -0.499. The number of hydrogen-bond donors (Lipinski definition) is 0. The maximum atomic E-state index is 13.0. The highest BCUT2D eigenvalue weighted by atomic mass is 32.2. The van der Waals surface area contributed by atoms with Gasteiger partial charge in [-0.3, -0.25) is 0 Å². The largest absolute Gasteiger partial charge is 0.245 e. The highest BCUT2D eigenvalue weighted by molar-refractivity contribution is 7.93. The summed E-state index contributed by atoms with van der Waals surface area (Å²) in [5.74, 6) is 2.33. The Morgan fingerprint density at radius 1 is 0.960 bits per heavy atom. The topological polar surface area (TPSA) is 71.5 Å². The van der Waals surface area contributed by atoms with Crippen molar-refractivity contribution in [3.8, 4) is 12.3 Å². The van der Waals surface area contributed by atoms with Crippen LogP contribution in [0.3, 0.4) is 0 Å². The molecule has 0 fully saturated rings. The fraction of sp³-hybridized carbons (Fsp3) is 0.222. The minimum atomic E-state index is -4.07. The quantitative estimate of drug-likeness (QED) is 0.724. The highest BCUT2D eigenvalue weighted by Crippen LogP contribution is 2.25. The minimum absolute atomic E-state index is 0.0604. The fourth-order valence-electron chi connectivity index (χ4n) is 2.33. The Morgan fingerprint density at radius 3 is 2.04 bits per heavy atom. The molecule has 7 heteroatoms. The van der Waals surface area contributed by atoms with Crippen molar-refractivity contribution in [3.05, 3.63) is 59.7 Å². The van der Waals surface area contributed by atoms with Gasteiger partial charge in [0, 0.05) is 12.8 Å². The molecule has 0 spiro atoms.